The zero-order valence-electron chi connectivity index (χ0n) is 10.0. The highest BCUT2D eigenvalue weighted by molar-refractivity contribution is 9.10. The zero-order chi connectivity index (χ0) is 13.9. The van der Waals surface area contributed by atoms with Crippen LogP contribution in [0.3, 0.4) is 0 Å². The van der Waals surface area contributed by atoms with Crippen LogP contribution in [0, 0.1) is 11.7 Å². The minimum absolute atomic E-state index is 0.0811. The van der Waals surface area contributed by atoms with Gasteiger partial charge in [-0.3, -0.25) is 0 Å². The van der Waals surface area contributed by atoms with E-state index in [1.54, 1.807) is 13.8 Å². The van der Waals surface area contributed by atoms with E-state index in [0.29, 0.717) is 4.47 Å². The molecule has 0 spiro atoms. The average molecular weight is 340 g/mol. The van der Waals surface area contributed by atoms with Gasteiger partial charge in [0.25, 0.3) is 0 Å². The van der Waals surface area contributed by atoms with Crippen LogP contribution < -0.4 is 4.72 Å². The number of halogens is 2. The highest BCUT2D eigenvalue weighted by Gasteiger charge is 2.20. The number of nitrogens with one attached hydrogen (secondary N) is 1. The fourth-order valence-electron chi connectivity index (χ4n) is 1.20. The second kappa shape index (κ2) is 6.10. The van der Waals surface area contributed by atoms with Gasteiger partial charge in [-0.2, -0.15) is 0 Å². The van der Waals surface area contributed by atoms with Crippen molar-refractivity contribution in [3.8, 4) is 0 Å². The number of aliphatic hydroxyl groups excluding tert-OH is 1. The lowest BCUT2D eigenvalue weighted by atomic mass is 10.1. The third-order valence-corrected chi connectivity index (χ3v) is 4.39. The van der Waals surface area contributed by atoms with Gasteiger partial charge in [0.15, 0.2) is 0 Å². The second-order valence-electron chi connectivity index (χ2n) is 4.24. The number of hydrogen-bond donors (Lipinski definition) is 2. The SMILES string of the molecule is CC(C)[C@H](O)CNS(=O)(=O)c1ccc(Br)cc1F. The summed E-state index contributed by atoms with van der Waals surface area (Å²) >= 11 is 3.05. The normalized spacial score (nSPS) is 13.9. The number of aliphatic hydroxyl groups is 1. The Kier molecular flexibility index (Phi) is 5.27. The first-order valence-corrected chi connectivity index (χ1v) is 7.64. The Morgan fingerprint density at radius 1 is 1.44 bits per heavy atom. The standard InChI is InChI=1S/C11H15BrFNO3S/c1-7(2)10(15)6-14-18(16,17)11-4-3-8(12)5-9(11)13/h3-5,7,10,14-15H,6H2,1-2H3/t10-/m1/s1. The largest absolute Gasteiger partial charge is 0.391 e. The molecule has 1 atom stereocenters. The van der Waals surface area contributed by atoms with Crippen LogP contribution in [-0.2, 0) is 10.0 Å². The van der Waals surface area contributed by atoms with Crippen molar-refractivity contribution in [2.24, 2.45) is 5.92 Å². The van der Waals surface area contributed by atoms with Crippen LogP contribution in [0.2, 0.25) is 0 Å². The van der Waals surface area contributed by atoms with E-state index in [1.165, 1.54) is 12.1 Å². The Bertz CT molecular complexity index is 519. The molecule has 102 valence electrons. The number of sulfonamides is 1. The molecule has 0 aromatic heterocycles. The first-order valence-electron chi connectivity index (χ1n) is 5.37. The zero-order valence-corrected chi connectivity index (χ0v) is 12.4. The molecule has 1 aromatic rings. The van der Waals surface area contributed by atoms with Gasteiger partial charge in [0, 0.05) is 11.0 Å². The van der Waals surface area contributed by atoms with Crippen LogP contribution in [-0.4, -0.2) is 26.2 Å². The summed E-state index contributed by atoms with van der Waals surface area (Å²) in [7, 11) is -3.94. The first kappa shape index (κ1) is 15.6. The highest BCUT2D eigenvalue weighted by atomic mass is 79.9. The lowest BCUT2D eigenvalue weighted by molar-refractivity contribution is 0.129. The lowest BCUT2D eigenvalue weighted by Gasteiger charge is -2.15. The van der Waals surface area contributed by atoms with Gasteiger partial charge in [-0.05, 0) is 24.1 Å². The van der Waals surface area contributed by atoms with Crippen LogP contribution in [0.15, 0.2) is 27.6 Å². The number of hydrogen-bond acceptors (Lipinski definition) is 3. The molecule has 0 heterocycles. The summed E-state index contributed by atoms with van der Waals surface area (Å²) in [6.45, 7) is 3.38. The molecule has 4 nitrogen and oxygen atoms in total. The summed E-state index contributed by atoms with van der Waals surface area (Å²) in [5.41, 5.74) is 0. The summed E-state index contributed by atoms with van der Waals surface area (Å²) in [4.78, 5) is -0.429. The van der Waals surface area contributed by atoms with Crippen molar-refractivity contribution in [3.05, 3.63) is 28.5 Å². The predicted molar refractivity (Wildman–Crippen MR) is 70.1 cm³/mol. The van der Waals surface area contributed by atoms with Gasteiger partial charge < -0.3 is 5.11 Å². The van der Waals surface area contributed by atoms with Crippen LogP contribution in [0.25, 0.3) is 0 Å². The second-order valence-corrected chi connectivity index (χ2v) is 6.89. The molecule has 0 bridgehead atoms. The minimum Gasteiger partial charge on any atom is -0.391 e. The molecule has 18 heavy (non-hydrogen) atoms. The van der Waals surface area contributed by atoms with Crippen molar-refractivity contribution in [2.75, 3.05) is 6.54 Å². The maximum Gasteiger partial charge on any atom is 0.243 e. The molecule has 2 N–H and O–H groups in total. The average Bonchev–Trinajstić information content (AvgIpc) is 2.25. The molecule has 0 aliphatic rings. The maximum atomic E-state index is 13.5. The Morgan fingerprint density at radius 3 is 2.56 bits per heavy atom. The molecule has 0 unspecified atom stereocenters. The maximum absolute atomic E-state index is 13.5. The van der Waals surface area contributed by atoms with Crippen molar-refractivity contribution in [2.45, 2.75) is 24.8 Å². The molecule has 0 radical (unpaired) electrons. The topological polar surface area (TPSA) is 66.4 Å². The molecular weight excluding hydrogens is 325 g/mol. The van der Waals surface area contributed by atoms with Crippen molar-refractivity contribution in [1.82, 2.24) is 4.72 Å². The van der Waals surface area contributed by atoms with Gasteiger partial charge >= 0.3 is 0 Å². The molecule has 0 fully saturated rings. The van der Waals surface area contributed by atoms with Crippen LogP contribution >= 0.6 is 15.9 Å². The highest BCUT2D eigenvalue weighted by Crippen LogP contribution is 2.19. The van der Waals surface area contributed by atoms with E-state index in [0.717, 1.165) is 6.07 Å². The van der Waals surface area contributed by atoms with E-state index in [1.807, 2.05) is 0 Å². The summed E-state index contributed by atoms with van der Waals surface area (Å²) < 4.78 is 39.8. The molecule has 1 aromatic carbocycles. The summed E-state index contributed by atoms with van der Waals surface area (Å²) in [5.74, 6) is -0.918. The van der Waals surface area contributed by atoms with E-state index in [9.17, 15) is 17.9 Å². The van der Waals surface area contributed by atoms with Crippen molar-refractivity contribution in [3.63, 3.8) is 0 Å². The fraction of sp³-hybridized carbons (Fsp3) is 0.455. The summed E-state index contributed by atoms with van der Waals surface area (Å²) in [6, 6.07) is 3.69. The van der Waals surface area contributed by atoms with E-state index in [4.69, 9.17) is 0 Å². The molecule has 0 amide bonds. The van der Waals surface area contributed by atoms with Gasteiger partial charge in [0.2, 0.25) is 10.0 Å². The first-order chi connectivity index (χ1) is 8.24. The van der Waals surface area contributed by atoms with Crippen molar-refractivity contribution < 1.29 is 17.9 Å². The van der Waals surface area contributed by atoms with Crippen LogP contribution in [0.1, 0.15) is 13.8 Å². The molecule has 0 aliphatic heterocycles. The predicted octanol–water partition coefficient (Wildman–Crippen LogP) is 1.88. The number of rotatable bonds is 5. The Labute approximate surface area is 114 Å². The monoisotopic (exact) mass is 339 g/mol. The van der Waals surface area contributed by atoms with Crippen molar-refractivity contribution in [1.29, 1.82) is 0 Å². The molecular formula is C11H15BrFNO3S. The van der Waals surface area contributed by atoms with Crippen LogP contribution in [0.5, 0.6) is 0 Å². The summed E-state index contributed by atoms with van der Waals surface area (Å²) in [6.07, 6.45) is -0.807. The van der Waals surface area contributed by atoms with Gasteiger partial charge in [0.1, 0.15) is 10.7 Å². The lowest BCUT2D eigenvalue weighted by Crippen LogP contribution is -2.35. The van der Waals surface area contributed by atoms with Crippen molar-refractivity contribution >= 4 is 26.0 Å². The van der Waals surface area contributed by atoms with Gasteiger partial charge in [-0.15, -0.1) is 0 Å². The van der Waals surface area contributed by atoms with E-state index in [-0.39, 0.29) is 12.5 Å². The quantitative estimate of drug-likeness (QED) is 0.860. The Balaban J connectivity index is 2.87. The molecule has 7 heteroatoms. The molecule has 1 rings (SSSR count). The van der Waals surface area contributed by atoms with Gasteiger partial charge in [-0.25, -0.2) is 17.5 Å². The Hall–Kier alpha value is -0.500. The Morgan fingerprint density at radius 2 is 2.06 bits per heavy atom. The summed E-state index contributed by atoms with van der Waals surface area (Å²) in [5, 5.41) is 9.52. The molecule has 0 aliphatic carbocycles. The minimum atomic E-state index is -3.94. The van der Waals surface area contributed by atoms with Gasteiger partial charge in [-0.1, -0.05) is 29.8 Å². The third-order valence-electron chi connectivity index (χ3n) is 2.44. The smallest absolute Gasteiger partial charge is 0.243 e. The van der Waals surface area contributed by atoms with E-state index in [2.05, 4.69) is 20.7 Å². The molecule has 0 saturated heterocycles. The third kappa shape index (κ3) is 4.01. The van der Waals surface area contributed by atoms with Crippen LogP contribution in [0.4, 0.5) is 4.39 Å². The number of benzene rings is 1. The molecule has 0 saturated carbocycles. The fourth-order valence-corrected chi connectivity index (χ4v) is 2.64. The van der Waals surface area contributed by atoms with E-state index >= 15 is 0 Å². The van der Waals surface area contributed by atoms with E-state index < -0.39 is 26.8 Å². The van der Waals surface area contributed by atoms with Gasteiger partial charge in [0.05, 0.1) is 6.10 Å².